The molecule has 4 heterocycles. The number of nitrogens with zero attached hydrogens (tertiary/aromatic N) is 4. The zero-order valence-electron chi connectivity index (χ0n) is 16.0. The summed E-state index contributed by atoms with van der Waals surface area (Å²) in [5, 5.41) is 1.13. The molecule has 1 atom stereocenters. The van der Waals surface area contributed by atoms with E-state index in [1.165, 1.54) is 5.56 Å². The third-order valence-corrected chi connectivity index (χ3v) is 5.79. The highest BCUT2D eigenvalue weighted by Crippen LogP contribution is 2.23. The number of benzene rings is 1. The van der Waals surface area contributed by atoms with Crippen LogP contribution >= 0.6 is 0 Å². The molecule has 0 aliphatic carbocycles. The molecule has 0 saturated carbocycles. The summed E-state index contributed by atoms with van der Waals surface area (Å²) in [6, 6.07) is 11.5. The number of aromatic nitrogens is 1. The van der Waals surface area contributed by atoms with Crippen LogP contribution in [-0.4, -0.2) is 63.7 Å². The van der Waals surface area contributed by atoms with Crippen LogP contribution in [0.1, 0.15) is 11.1 Å². The van der Waals surface area contributed by atoms with Crippen LogP contribution in [0.3, 0.4) is 0 Å². The van der Waals surface area contributed by atoms with E-state index in [2.05, 4.69) is 16.0 Å². The molecule has 5 rings (SSSR count). The predicted molar refractivity (Wildman–Crippen MR) is 107 cm³/mol. The normalized spacial score (nSPS) is 20.3. The van der Waals surface area contributed by atoms with Gasteiger partial charge in [0.25, 0.3) is 0 Å². The minimum Gasteiger partial charge on any atom is -0.472 e. The predicted octanol–water partition coefficient (Wildman–Crippen LogP) is 1.88. The molecule has 7 nitrogen and oxygen atoms in total. The molecular weight excluding hydrogens is 368 g/mol. The number of carbonyl (C=O) groups is 2. The number of fused-ring (bicyclic) bond motifs is 2. The van der Waals surface area contributed by atoms with E-state index in [0.29, 0.717) is 19.6 Å². The van der Waals surface area contributed by atoms with Gasteiger partial charge in [0, 0.05) is 49.9 Å². The Hall–Kier alpha value is -3.19. The van der Waals surface area contributed by atoms with Gasteiger partial charge in [-0.1, -0.05) is 18.2 Å². The van der Waals surface area contributed by atoms with Crippen molar-refractivity contribution in [2.24, 2.45) is 0 Å². The highest BCUT2D eigenvalue weighted by atomic mass is 16.3. The molecule has 2 saturated heterocycles. The SMILES string of the molecule is O=C1C2CN(Cc3ccnc4ccccc34)CCN2C(=O)CN1Cc1ccoc1. The second-order valence-electron chi connectivity index (χ2n) is 7.65. The lowest BCUT2D eigenvalue weighted by Gasteiger charge is -2.46. The number of carbonyl (C=O) groups excluding carboxylic acids is 2. The van der Waals surface area contributed by atoms with Crippen molar-refractivity contribution >= 4 is 22.7 Å². The highest BCUT2D eigenvalue weighted by Gasteiger charge is 2.42. The number of para-hydroxylation sites is 1. The van der Waals surface area contributed by atoms with E-state index in [0.717, 1.165) is 29.6 Å². The van der Waals surface area contributed by atoms with Gasteiger partial charge in [-0.15, -0.1) is 0 Å². The molecule has 0 radical (unpaired) electrons. The second-order valence-corrected chi connectivity index (χ2v) is 7.65. The maximum atomic E-state index is 13.1. The van der Waals surface area contributed by atoms with E-state index in [1.807, 2.05) is 36.5 Å². The third kappa shape index (κ3) is 3.38. The van der Waals surface area contributed by atoms with Crippen LogP contribution in [-0.2, 0) is 22.7 Å². The van der Waals surface area contributed by atoms with Gasteiger partial charge in [0.15, 0.2) is 0 Å². The van der Waals surface area contributed by atoms with Gasteiger partial charge in [-0.2, -0.15) is 0 Å². The Morgan fingerprint density at radius 2 is 1.97 bits per heavy atom. The summed E-state index contributed by atoms with van der Waals surface area (Å²) >= 11 is 0. The standard InChI is InChI=1S/C22H22N4O3/c27-21-14-25(11-16-6-10-29-15-16)22(28)20-13-24(8-9-26(20)21)12-17-5-7-23-19-4-2-1-3-18(17)19/h1-7,10,15,20H,8-9,11-14H2. The quantitative estimate of drug-likeness (QED) is 0.680. The van der Waals surface area contributed by atoms with Crippen LogP contribution in [0, 0.1) is 0 Å². The van der Waals surface area contributed by atoms with Crippen LogP contribution in [0.15, 0.2) is 59.5 Å². The smallest absolute Gasteiger partial charge is 0.247 e. The Bertz CT molecular complexity index is 1040. The molecule has 3 aromatic rings. The second kappa shape index (κ2) is 7.33. The molecule has 0 spiro atoms. The fourth-order valence-corrected chi connectivity index (χ4v) is 4.31. The monoisotopic (exact) mass is 390 g/mol. The summed E-state index contributed by atoms with van der Waals surface area (Å²) in [6.45, 7) is 3.15. The first kappa shape index (κ1) is 17.9. The lowest BCUT2D eigenvalue weighted by Crippen LogP contribution is -2.66. The van der Waals surface area contributed by atoms with Gasteiger partial charge >= 0.3 is 0 Å². The van der Waals surface area contributed by atoms with Crippen LogP contribution in [0.25, 0.3) is 10.9 Å². The van der Waals surface area contributed by atoms with Crippen LogP contribution < -0.4 is 0 Å². The Morgan fingerprint density at radius 3 is 2.83 bits per heavy atom. The van der Waals surface area contributed by atoms with Crippen molar-refractivity contribution in [2.75, 3.05) is 26.2 Å². The van der Waals surface area contributed by atoms with Crippen molar-refractivity contribution in [3.05, 3.63) is 66.2 Å². The van der Waals surface area contributed by atoms with Crippen molar-refractivity contribution in [3.8, 4) is 0 Å². The van der Waals surface area contributed by atoms with Gasteiger partial charge < -0.3 is 14.2 Å². The average molecular weight is 390 g/mol. The highest BCUT2D eigenvalue weighted by molar-refractivity contribution is 5.95. The Labute approximate surface area is 168 Å². The van der Waals surface area contributed by atoms with Crippen LogP contribution in [0.4, 0.5) is 0 Å². The number of piperazine rings is 2. The largest absolute Gasteiger partial charge is 0.472 e. The van der Waals surface area contributed by atoms with Crippen molar-refractivity contribution in [1.82, 2.24) is 19.7 Å². The molecule has 0 N–H and O–H groups in total. The number of furan rings is 1. The number of hydrogen-bond donors (Lipinski definition) is 0. The summed E-state index contributed by atoms with van der Waals surface area (Å²) in [5.74, 6) is 0.0298. The summed E-state index contributed by atoms with van der Waals surface area (Å²) < 4.78 is 5.10. The summed E-state index contributed by atoms with van der Waals surface area (Å²) in [5.41, 5.74) is 3.06. The van der Waals surface area contributed by atoms with E-state index in [1.54, 1.807) is 22.3 Å². The van der Waals surface area contributed by atoms with E-state index in [-0.39, 0.29) is 18.4 Å². The molecule has 2 fully saturated rings. The van der Waals surface area contributed by atoms with Crippen molar-refractivity contribution in [3.63, 3.8) is 0 Å². The third-order valence-electron chi connectivity index (χ3n) is 5.79. The number of amides is 2. The molecule has 2 amide bonds. The van der Waals surface area contributed by atoms with Crippen LogP contribution in [0.5, 0.6) is 0 Å². The fourth-order valence-electron chi connectivity index (χ4n) is 4.31. The van der Waals surface area contributed by atoms with E-state index in [9.17, 15) is 9.59 Å². The van der Waals surface area contributed by atoms with E-state index >= 15 is 0 Å². The van der Waals surface area contributed by atoms with Gasteiger partial charge in [0.05, 0.1) is 18.0 Å². The van der Waals surface area contributed by atoms with Gasteiger partial charge in [0.2, 0.25) is 11.8 Å². The Balaban J connectivity index is 1.34. The topological polar surface area (TPSA) is 69.9 Å². The minimum absolute atomic E-state index is 0.00934. The van der Waals surface area contributed by atoms with Crippen molar-refractivity contribution in [2.45, 2.75) is 19.1 Å². The van der Waals surface area contributed by atoms with Crippen molar-refractivity contribution < 1.29 is 14.0 Å². The average Bonchev–Trinajstić information content (AvgIpc) is 3.25. The molecule has 7 heteroatoms. The fraction of sp³-hybridized carbons (Fsp3) is 0.318. The van der Waals surface area contributed by atoms with Gasteiger partial charge in [-0.25, -0.2) is 0 Å². The summed E-state index contributed by atoms with van der Waals surface area (Å²) in [6.07, 6.45) is 5.03. The Morgan fingerprint density at radius 1 is 1.07 bits per heavy atom. The lowest BCUT2D eigenvalue weighted by atomic mass is 10.0. The first-order valence-corrected chi connectivity index (χ1v) is 9.83. The van der Waals surface area contributed by atoms with Gasteiger partial charge in [-0.3, -0.25) is 19.5 Å². The number of rotatable bonds is 4. The molecular formula is C22H22N4O3. The zero-order valence-corrected chi connectivity index (χ0v) is 16.0. The first-order valence-electron chi connectivity index (χ1n) is 9.83. The summed E-state index contributed by atoms with van der Waals surface area (Å²) in [4.78, 5) is 35.8. The van der Waals surface area contributed by atoms with Crippen LogP contribution in [0.2, 0.25) is 0 Å². The molecule has 1 unspecified atom stereocenters. The Kier molecular flexibility index (Phi) is 4.52. The first-order chi connectivity index (χ1) is 14.2. The molecule has 0 bridgehead atoms. The van der Waals surface area contributed by atoms with E-state index < -0.39 is 6.04 Å². The molecule has 2 aromatic heterocycles. The number of pyridine rings is 1. The minimum atomic E-state index is -0.426. The molecule has 2 aliphatic rings. The van der Waals surface area contributed by atoms with E-state index in [4.69, 9.17) is 4.42 Å². The summed E-state index contributed by atoms with van der Waals surface area (Å²) in [7, 11) is 0. The molecule has 2 aliphatic heterocycles. The van der Waals surface area contributed by atoms with Crippen molar-refractivity contribution in [1.29, 1.82) is 0 Å². The molecule has 148 valence electrons. The van der Waals surface area contributed by atoms with Gasteiger partial charge in [-0.05, 0) is 23.8 Å². The molecule has 29 heavy (non-hydrogen) atoms. The maximum Gasteiger partial charge on any atom is 0.247 e. The lowest BCUT2D eigenvalue weighted by molar-refractivity contribution is -0.160. The maximum absolute atomic E-state index is 13.1. The molecule has 1 aromatic carbocycles. The number of hydrogen-bond acceptors (Lipinski definition) is 5. The van der Waals surface area contributed by atoms with Gasteiger partial charge in [0.1, 0.15) is 12.6 Å². The zero-order chi connectivity index (χ0) is 19.8.